The number of hydrogen-bond donors (Lipinski definition) is 1. The number of aromatic nitrogens is 5. The summed E-state index contributed by atoms with van der Waals surface area (Å²) in [5.41, 5.74) is 5.47. The van der Waals surface area contributed by atoms with E-state index in [0.717, 1.165) is 29.7 Å². The maximum Gasteiger partial charge on any atom is 0.294 e. The van der Waals surface area contributed by atoms with Crippen LogP contribution in [-0.4, -0.2) is 41.9 Å². The van der Waals surface area contributed by atoms with Crippen molar-refractivity contribution in [1.82, 2.24) is 29.5 Å². The van der Waals surface area contributed by atoms with Crippen LogP contribution in [0.1, 0.15) is 52.3 Å². The van der Waals surface area contributed by atoms with E-state index in [-0.39, 0.29) is 23.2 Å². The van der Waals surface area contributed by atoms with Gasteiger partial charge >= 0.3 is 0 Å². The van der Waals surface area contributed by atoms with E-state index >= 15 is 0 Å². The van der Waals surface area contributed by atoms with Crippen LogP contribution in [0.25, 0.3) is 16.7 Å². The SMILES string of the molecule is CCCc1nnc2c(=O)[nH]c3cc(C(=O)N4CCc5ccccc5C4Cc4ccncc4)ccc3n12. The van der Waals surface area contributed by atoms with E-state index in [1.165, 1.54) is 11.1 Å². The molecule has 2 aromatic carbocycles. The fourth-order valence-corrected chi connectivity index (χ4v) is 5.27. The van der Waals surface area contributed by atoms with Crippen LogP contribution >= 0.6 is 0 Å². The molecule has 180 valence electrons. The molecule has 1 aliphatic rings. The first-order valence-corrected chi connectivity index (χ1v) is 12.3. The van der Waals surface area contributed by atoms with E-state index in [1.54, 1.807) is 22.9 Å². The predicted octanol–water partition coefficient (Wildman–Crippen LogP) is 3.90. The van der Waals surface area contributed by atoms with Gasteiger partial charge in [-0.2, -0.15) is 0 Å². The summed E-state index contributed by atoms with van der Waals surface area (Å²) < 4.78 is 1.80. The number of nitrogens with one attached hydrogen (secondary N) is 1. The molecule has 0 spiro atoms. The first-order chi connectivity index (χ1) is 17.6. The van der Waals surface area contributed by atoms with Gasteiger partial charge in [-0.25, -0.2) is 0 Å². The van der Waals surface area contributed by atoms with Crippen molar-refractivity contribution in [3.63, 3.8) is 0 Å². The zero-order valence-electron chi connectivity index (χ0n) is 20.0. The van der Waals surface area contributed by atoms with Gasteiger partial charge in [-0.1, -0.05) is 31.2 Å². The van der Waals surface area contributed by atoms with Crippen LogP contribution in [0.3, 0.4) is 0 Å². The topological polar surface area (TPSA) is 96.2 Å². The molecule has 0 bridgehead atoms. The number of nitrogens with zero attached hydrogens (tertiary/aromatic N) is 5. The lowest BCUT2D eigenvalue weighted by molar-refractivity contribution is 0.0660. The molecule has 1 amide bonds. The Bertz CT molecular complexity index is 1640. The second-order valence-corrected chi connectivity index (χ2v) is 9.23. The maximum absolute atomic E-state index is 13.9. The Morgan fingerprint density at radius 2 is 1.92 bits per heavy atom. The van der Waals surface area contributed by atoms with Crippen LogP contribution < -0.4 is 5.56 Å². The molecule has 8 nitrogen and oxygen atoms in total. The number of amides is 1. The van der Waals surface area contributed by atoms with E-state index in [9.17, 15) is 9.59 Å². The molecular formula is C28H26N6O2. The van der Waals surface area contributed by atoms with E-state index < -0.39 is 0 Å². The Morgan fingerprint density at radius 3 is 2.75 bits per heavy atom. The van der Waals surface area contributed by atoms with Crippen LogP contribution in [0.2, 0.25) is 0 Å². The summed E-state index contributed by atoms with van der Waals surface area (Å²) in [5, 5.41) is 8.29. The summed E-state index contributed by atoms with van der Waals surface area (Å²) in [6.45, 7) is 2.69. The number of fused-ring (bicyclic) bond motifs is 4. The van der Waals surface area contributed by atoms with Crippen LogP contribution in [0.15, 0.2) is 71.8 Å². The van der Waals surface area contributed by atoms with E-state index in [4.69, 9.17) is 0 Å². The van der Waals surface area contributed by atoms with Gasteiger partial charge in [-0.3, -0.25) is 19.0 Å². The van der Waals surface area contributed by atoms with Crippen LogP contribution in [0.5, 0.6) is 0 Å². The van der Waals surface area contributed by atoms with Gasteiger partial charge in [0.2, 0.25) is 5.65 Å². The van der Waals surface area contributed by atoms with Crippen LogP contribution in [0, 0.1) is 0 Å². The Balaban J connectivity index is 1.41. The van der Waals surface area contributed by atoms with Gasteiger partial charge in [0.1, 0.15) is 5.82 Å². The summed E-state index contributed by atoms with van der Waals surface area (Å²) in [6, 6.07) is 17.8. The number of carbonyl (C=O) groups excluding carboxylic acids is 1. The highest BCUT2D eigenvalue weighted by atomic mass is 16.2. The number of carbonyl (C=O) groups is 1. The molecule has 3 aromatic heterocycles. The molecule has 0 saturated heterocycles. The maximum atomic E-state index is 13.9. The molecule has 1 N–H and O–H groups in total. The molecule has 5 aromatic rings. The Hall–Kier alpha value is -4.33. The molecule has 0 radical (unpaired) electrons. The average Bonchev–Trinajstić information content (AvgIpc) is 3.34. The fourth-order valence-electron chi connectivity index (χ4n) is 5.27. The van der Waals surface area contributed by atoms with E-state index in [2.05, 4.69) is 45.3 Å². The summed E-state index contributed by atoms with van der Waals surface area (Å²) in [5.74, 6) is 0.691. The minimum Gasteiger partial charge on any atom is -0.331 e. The highest BCUT2D eigenvalue weighted by molar-refractivity contribution is 5.98. The van der Waals surface area contributed by atoms with Crippen LogP contribution in [0.4, 0.5) is 0 Å². The van der Waals surface area contributed by atoms with Crippen molar-refractivity contribution in [2.24, 2.45) is 0 Å². The lowest BCUT2D eigenvalue weighted by Gasteiger charge is -2.37. The second-order valence-electron chi connectivity index (χ2n) is 9.23. The highest BCUT2D eigenvalue weighted by Gasteiger charge is 2.31. The van der Waals surface area contributed by atoms with Gasteiger partial charge in [-0.15, -0.1) is 10.2 Å². The smallest absolute Gasteiger partial charge is 0.294 e. The number of benzene rings is 2. The van der Waals surface area contributed by atoms with Crippen molar-refractivity contribution in [2.45, 2.75) is 38.6 Å². The molecular weight excluding hydrogens is 452 g/mol. The zero-order valence-corrected chi connectivity index (χ0v) is 20.0. The molecule has 8 heteroatoms. The zero-order chi connectivity index (χ0) is 24.6. The molecule has 1 unspecified atom stereocenters. The van der Waals surface area contributed by atoms with Gasteiger partial charge in [0.05, 0.1) is 17.1 Å². The van der Waals surface area contributed by atoms with Crippen molar-refractivity contribution in [3.05, 3.63) is 105 Å². The van der Waals surface area contributed by atoms with Gasteiger partial charge in [0.25, 0.3) is 11.5 Å². The molecule has 0 saturated carbocycles. The quantitative estimate of drug-likeness (QED) is 0.413. The van der Waals surface area contributed by atoms with Gasteiger partial charge < -0.3 is 9.88 Å². The molecule has 1 aliphatic heterocycles. The van der Waals surface area contributed by atoms with Gasteiger partial charge in [0.15, 0.2) is 0 Å². The first-order valence-electron chi connectivity index (χ1n) is 12.3. The molecule has 6 rings (SSSR count). The minimum absolute atomic E-state index is 0.0519. The monoisotopic (exact) mass is 478 g/mol. The standard InChI is InChI=1S/C28H26N6O2/c1-2-5-25-31-32-26-27(35)30-22-17-20(8-9-23(22)34(25)26)28(36)33-15-12-19-6-3-4-7-21(19)24(33)16-18-10-13-29-14-11-18/h3-4,6-11,13-14,17,24H,2,5,12,15-16H2,1H3,(H,30,35). The van der Waals surface area contributed by atoms with Gasteiger partial charge in [0, 0.05) is 30.9 Å². The van der Waals surface area contributed by atoms with Crippen molar-refractivity contribution in [3.8, 4) is 0 Å². The highest BCUT2D eigenvalue weighted by Crippen LogP contribution is 2.34. The Kier molecular flexibility index (Phi) is 5.56. The molecule has 4 heterocycles. The number of rotatable bonds is 5. The van der Waals surface area contributed by atoms with Crippen molar-refractivity contribution >= 4 is 22.6 Å². The summed E-state index contributed by atoms with van der Waals surface area (Å²) in [4.78, 5) is 35.6. The van der Waals surface area contributed by atoms with Gasteiger partial charge in [-0.05, 0) is 66.3 Å². The van der Waals surface area contributed by atoms with Crippen molar-refractivity contribution < 1.29 is 4.79 Å². The van der Waals surface area contributed by atoms with Crippen molar-refractivity contribution in [1.29, 1.82) is 0 Å². The summed E-state index contributed by atoms with van der Waals surface area (Å²) in [7, 11) is 0. The number of pyridine rings is 1. The molecule has 1 atom stereocenters. The number of hydrogen-bond acceptors (Lipinski definition) is 5. The minimum atomic E-state index is -0.315. The number of H-pyrrole nitrogens is 1. The lowest BCUT2D eigenvalue weighted by Crippen LogP contribution is -2.41. The van der Waals surface area contributed by atoms with E-state index in [1.807, 2.05) is 35.2 Å². The Labute approximate surface area is 207 Å². The second kappa shape index (κ2) is 9.03. The largest absolute Gasteiger partial charge is 0.331 e. The van der Waals surface area contributed by atoms with Crippen LogP contribution in [-0.2, 0) is 19.3 Å². The third-order valence-electron chi connectivity index (χ3n) is 6.99. The predicted molar refractivity (Wildman–Crippen MR) is 137 cm³/mol. The van der Waals surface area contributed by atoms with Crippen molar-refractivity contribution in [2.75, 3.05) is 6.54 Å². The number of aryl methyl sites for hydroxylation is 1. The summed E-state index contributed by atoms with van der Waals surface area (Å²) in [6.07, 6.45) is 6.69. The lowest BCUT2D eigenvalue weighted by atomic mass is 9.88. The first kappa shape index (κ1) is 22.2. The van der Waals surface area contributed by atoms with E-state index in [0.29, 0.717) is 30.5 Å². The number of aromatic amines is 1. The summed E-state index contributed by atoms with van der Waals surface area (Å²) >= 11 is 0. The third-order valence-corrected chi connectivity index (χ3v) is 6.99. The normalized spacial score (nSPS) is 15.4. The Morgan fingerprint density at radius 1 is 1.08 bits per heavy atom. The fraction of sp³-hybridized carbons (Fsp3) is 0.250. The molecule has 36 heavy (non-hydrogen) atoms. The molecule has 0 fully saturated rings. The third kappa shape index (κ3) is 3.75. The molecule has 0 aliphatic carbocycles. The average molecular weight is 479 g/mol.